The summed E-state index contributed by atoms with van der Waals surface area (Å²) in [5.74, 6) is -0.397. The number of halogens is 5. The van der Waals surface area contributed by atoms with E-state index in [2.05, 4.69) is 9.72 Å². The Morgan fingerprint density at radius 1 is 1.53 bits per heavy atom. The van der Waals surface area contributed by atoms with E-state index in [4.69, 9.17) is 11.6 Å². The molecule has 1 aromatic rings. The van der Waals surface area contributed by atoms with E-state index < -0.39 is 12.2 Å². The highest BCUT2D eigenvalue weighted by molar-refractivity contribution is 14.1. The van der Waals surface area contributed by atoms with Crippen LogP contribution in [0, 0.1) is 10.5 Å². The molecule has 0 saturated carbocycles. The van der Waals surface area contributed by atoms with Gasteiger partial charge in [-0.2, -0.15) is 0 Å². The Balaban J connectivity index is 3.08. The lowest BCUT2D eigenvalue weighted by molar-refractivity contribution is -0.276. The number of ether oxygens (including phenoxy) is 1. The molecule has 1 heterocycles. The van der Waals surface area contributed by atoms with Crippen LogP contribution in [0.1, 0.15) is 11.3 Å². The normalized spacial score (nSPS) is 11.6. The van der Waals surface area contributed by atoms with Crippen molar-refractivity contribution in [3.05, 3.63) is 20.9 Å². The van der Waals surface area contributed by atoms with Gasteiger partial charge in [0.05, 0.1) is 11.6 Å². The third kappa shape index (κ3) is 3.67. The van der Waals surface area contributed by atoms with Gasteiger partial charge in [-0.15, -0.1) is 24.8 Å². The van der Waals surface area contributed by atoms with E-state index >= 15 is 0 Å². The van der Waals surface area contributed by atoms with Crippen molar-refractivity contribution in [2.24, 2.45) is 0 Å². The average molecular weight is 351 g/mol. The van der Waals surface area contributed by atoms with Gasteiger partial charge in [-0.25, -0.2) is 4.98 Å². The minimum Gasteiger partial charge on any atom is -0.388 e. The highest BCUT2D eigenvalue weighted by Gasteiger charge is 2.32. The van der Waals surface area contributed by atoms with Crippen LogP contribution in [0.4, 0.5) is 13.2 Å². The summed E-state index contributed by atoms with van der Waals surface area (Å²) in [5.41, 5.74) is 0.702. The number of nitrogens with zero attached hydrogens (tertiary/aromatic N) is 1. The summed E-state index contributed by atoms with van der Waals surface area (Å²) in [6.07, 6.45) is -4.73. The molecule has 0 aliphatic rings. The Bertz CT molecular complexity index is 370. The fourth-order valence-corrected chi connectivity index (χ4v) is 2.11. The zero-order valence-electron chi connectivity index (χ0n) is 7.53. The molecule has 7 heteroatoms. The van der Waals surface area contributed by atoms with E-state index in [0.717, 1.165) is 3.57 Å². The molecule has 0 bridgehead atoms. The van der Waals surface area contributed by atoms with Crippen molar-refractivity contribution in [3.8, 4) is 5.88 Å². The summed E-state index contributed by atoms with van der Waals surface area (Å²) >= 11 is 7.48. The Hall–Kier alpha value is -0.240. The molecule has 0 fully saturated rings. The zero-order valence-corrected chi connectivity index (χ0v) is 10.4. The molecule has 15 heavy (non-hydrogen) atoms. The van der Waals surface area contributed by atoms with Gasteiger partial charge in [0.15, 0.2) is 0 Å². The Labute approximate surface area is 103 Å². The molecular formula is C8H6ClF3INO. The molecular weight excluding hydrogens is 345 g/mol. The topological polar surface area (TPSA) is 22.1 Å². The maximum Gasteiger partial charge on any atom is 0.574 e. The van der Waals surface area contributed by atoms with Crippen molar-refractivity contribution >= 4 is 34.2 Å². The van der Waals surface area contributed by atoms with E-state index in [0.29, 0.717) is 11.3 Å². The van der Waals surface area contributed by atoms with Crippen LogP contribution < -0.4 is 4.74 Å². The molecule has 1 aromatic heterocycles. The summed E-state index contributed by atoms with van der Waals surface area (Å²) in [4.78, 5) is 3.69. The number of hydrogen-bond donors (Lipinski definition) is 0. The van der Waals surface area contributed by atoms with Gasteiger partial charge in [0.25, 0.3) is 0 Å². The van der Waals surface area contributed by atoms with Gasteiger partial charge in [-0.1, -0.05) is 0 Å². The van der Waals surface area contributed by atoms with E-state index in [9.17, 15) is 13.2 Å². The lowest BCUT2D eigenvalue weighted by Gasteiger charge is -2.11. The molecule has 0 radical (unpaired) electrons. The molecule has 0 atom stereocenters. The first-order chi connectivity index (χ1) is 6.83. The lowest BCUT2D eigenvalue weighted by Crippen LogP contribution is -2.19. The first-order valence-electron chi connectivity index (χ1n) is 3.81. The van der Waals surface area contributed by atoms with E-state index in [-0.39, 0.29) is 5.88 Å². The molecule has 0 amide bonds. The second-order valence-corrected chi connectivity index (χ2v) is 4.15. The Kier molecular flexibility index (Phi) is 4.05. The first-order valence-corrected chi connectivity index (χ1v) is 5.42. The van der Waals surface area contributed by atoms with E-state index in [1.54, 1.807) is 6.07 Å². The lowest BCUT2D eigenvalue weighted by atomic mass is 10.3. The van der Waals surface area contributed by atoms with Crippen LogP contribution >= 0.6 is 34.2 Å². The molecule has 0 spiro atoms. The summed E-state index contributed by atoms with van der Waals surface area (Å²) < 4.78 is 40.4. The number of aromatic nitrogens is 1. The number of hydrogen-bond acceptors (Lipinski definition) is 2. The van der Waals surface area contributed by atoms with Crippen LogP contribution in [0.2, 0.25) is 0 Å². The van der Waals surface area contributed by atoms with E-state index in [1.165, 1.54) is 6.92 Å². The molecule has 1 rings (SSSR count). The summed E-state index contributed by atoms with van der Waals surface area (Å²) in [6.45, 7) is 1.49. The second kappa shape index (κ2) is 4.73. The van der Waals surface area contributed by atoms with Crippen molar-refractivity contribution in [1.82, 2.24) is 4.98 Å². The first kappa shape index (κ1) is 12.8. The van der Waals surface area contributed by atoms with Crippen molar-refractivity contribution in [2.45, 2.75) is 19.2 Å². The average Bonchev–Trinajstić information content (AvgIpc) is 2.07. The molecule has 84 valence electrons. The quantitative estimate of drug-likeness (QED) is 0.600. The van der Waals surface area contributed by atoms with Gasteiger partial charge in [0.1, 0.15) is 0 Å². The monoisotopic (exact) mass is 351 g/mol. The summed E-state index contributed by atoms with van der Waals surface area (Å²) in [5, 5.41) is 0. The summed E-state index contributed by atoms with van der Waals surface area (Å²) in [6, 6.07) is 1.55. The van der Waals surface area contributed by atoms with Crippen LogP contribution in [-0.2, 0) is 5.88 Å². The Morgan fingerprint density at radius 2 is 2.13 bits per heavy atom. The minimum atomic E-state index is -4.73. The van der Waals surface area contributed by atoms with Gasteiger partial charge < -0.3 is 4.74 Å². The zero-order chi connectivity index (χ0) is 11.6. The van der Waals surface area contributed by atoms with Crippen molar-refractivity contribution < 1.29 is 17.9 Å². The smallest absolute Gasteiger partial charge is 0.388 e. The standard InChI is InChI=1S/C8H6ClF3INO/c1-4-2-5(13)6(3-9)14-7(4)15-8(10,11)12/h2H,3H2,1H3. The van der Waals surface area contributed by atoms with Gasteiger partial charge in [0, 0.05) is 9.13 Å². The van der Waals surface area contributed by atoms with Crippen LogP contribution in [0.5, 0.6) is 5.88 Å². The fourth-order valence-electron chi connectivity index (χ4n) is 0.906. The maximum absolute atomic E-state index is 12.0. The molecule has 0 N–H and O–H groups in total. The van der Waals surface area contributed by atoms with Crippen molar-refractivity contribution in [1.29, 1.82) is 0 Å². The number of aryl methyl sites for hydroxylation is 1. The molecule has 2 nitrogen and oxygen atoms in total. The number of pyridine rings is 1. The van der Waals surface area contributed by atoms with Gasteiger partial charge in [-0.3, -0.25) is 0 Å². The van der Waals surface area contributed by atoms with Gasteiger partial charge in [-0.05, 0) is 35.6 Å². The number of rotatable bonds is 2. The van der Waals surface area contributed by atoms with Crippen LogP contribution in [-0.4, -0.2) is 11.3 Å². The third-order valence-electron chi connectivity index (χ3n) is 1.53. The Morgan fingerprint density at radius 3 is 2.60 bits per heavy atom. The third-order valence-corrected chi connectivity index (χ3v) is 2.72. The SMILES string of the molecule is Cc1cc(I)c(CCl)nc1OC(F)(F)F. The number of alkyl halides is 4. The van der Waals surface area contributed by atoms with Crippen molar-refractivity contribution in [2.75, 3.05) is 0 Å². The predicted octanol–water partition coefficient (Wildman–Crippen LogP) is 3.63. The van der Waals surface area contributed by atoms with Crippen LogP contribution in [0.25, 0.3) is 0 Å². The molecule has 0 unspecified atom stereocenters. The van der Waals surface area contributed by atoms with Crippen molar-refractivity contribution in [3.63, 3.8) is 0 Å². The molecule has 0 saturated heterocycles. The van der Waals surface area contributed by atoms with Crippen LogP contribution in [0.3, 0.4) is 0 Å². The highest BCUT2D eigenvalue weighted by Crippen LogP contribution is 2.26. The summed E-state index contributed by atoms with van der Waals surface area (Å²) in [7, 11) is 0. The van der Waals surface area contributed by atoms with Gasteiger partial charge >= 0.3 is 6.36 Å². The highest BCUT2D eigenvalue weighted by atomic mass is 127. The fraction of sp³-hybridized carbons (Fsp3) is 0.375. The second-order valence-electron chi connectivity index (χ2n) is 2.72. The largest absolute Gasteiger partial charge is 0.574 e. The molecule has 0 aromatic carbocycles. The molecule has 0 aliphatic heterocycles. The predicted molar refractivity (Wildman–Crippen MR) is 57.9 cm³/mol. The van der Waals surface area contributed by atoms with Gasteiger partial charge in [0.2, 0.25) is 5.88 Å². The maximum atomic E-state index is 12.0. The van der Waals surface area contributed by atoms with E-state index in [1.807, 2.05) is 22.6 Å². The minimum absolute atomic E-state index is 0.0484. The molecule has 0 aliphatic carbocycles. The van der Waals surface area contributed by atoms with Crippen LogP contribution in [0.15, 0.2) is 6.07 Å².